The van der Waals surface area contributed by atoms with Crippen molar-refractivity contribution in [3.8, 4) is 0 Å². The normalized spacial score (nSPS) is 13.0. The van der Waals surface area contributed by atoms with Crippen molar-refractivity contribution in [3.05, 3.63) is 28.8 Å². The summed E-state index contributed by atoms with van der Waals surface area (Å²) in [6.07, 6.45) is -4.52. The molecule has 1 atom stereocenters. The SMILES string of the molecule is C[C@@H](Sc1nnnn1C)C(=O)Nc1cc(C(F)(F)F)ccc1Cl. The number of amides is 1. The first-order valence-corrected chi connectivity index (χ1v) is 7.51. The molecule has 2 rings (SSSR count). The number of aryl methyl sites for hydroxylation is 1. The summed E-state index contributed by atoms with van der Waals surface area (Å²) in [5.41, 5.74) is -0.995. The predicted octanol–water partition coefficient (Wildman–Crippen LogP) is 3.00. The van der Waals surface area contributed by atoms with Gasteiger partial charge in [0.2, 0.25) is 11.1 Å². The lowest BCUT2D eigenvalue weighted by Gasteiger charge is -2.14. The van der Waals surface area contributed by atoms with E-state index in [2.05, 4.69) is 20.8 Å². The number of rotatable bonds is 4. The summed E-state index contributed by atoms with van der Waals surface area (Å²) in [5.74, 6) is -0.515. The van der Waals surface area contributed by atoms with E-state index < -0.39 is 22.9 Å². The highest BCUT2D eigenvalue weighted by atomic mass is 35.5. The van der Waals surface area contributed by atoms with Crippen LogP contribution in [-0.4, -0.2) is 31.4 Å². The van der Waals surface area contributed by atoms with Crippen molar-refractivity contribution in [2.75, 3.05) is 5.32 Å². The summed E-state index contributed by atoms with van der Waals surface area (Å²) in [7, 11) is 1.61. The van der Waals surface area contributed by atoms with Gasteiger partial charge in [-0.05, 0) is 35.5 Å². The van der Waals surface area contributed by atoms with E-state index in [9.17, 15) is 18.0 Å². The van der Waals surface area contributed by atoms with Crippen LogP contribution in [0, 0.1) is 0 Å². The number of thioether (sulfide) groups is 1. The number of hydrogen-bond donors (Lipinski definition) is 1. The van der Waals surface area contributed by atoms with Crippen LogP contribution in [0.5, 0.6) is 0 Å². The summed E-state index contributed by atoms with van der Waals surface area (Å²) in [4.78, 5) is 12.1. The average molecular weight is 366 g/mol. The third kappa shape index (κ3) is 4.35. The van der Waals surface area contributed by atoms with E-state index in [1.54, 1.807) is 14.0 Å². The van der Waals surface area contributed by atoms with Gasteiger partial charge in [0.15, 0.2) is 0 Å². The first kappa shape index (κ1) is 17.5. The van der Waals surface area contributed by atoms with E-state index in [0.717, 1.165) is 30.0 Å². The van der Waals surface area contributed by atoms with Crippen molar-refractivity contribution in [1.82, 2.24) is 20.2 Å². The highest BCUT2D eigenvalue weighted by molar-refractivity contribution is 8.00. The van der Waals surface area contributed by atoms with E-state index in [1.807, 2.05) is 0 Å². The molecule has 1 aromatic carbocycles. The van der Waals surface area contributed by atoms with Crippen molar-refractivity contribution in [3.63, 3.8) is 0 Å². The monoisotopic (exact) mass is 365 g/mol. The molecule has 1 amide bonds. The van der Waals surface area contributed by atoms with Gasteiger partial charge in [-0.15, -0.1) is 5.10 Å². The maximum atomic E-state index is 12.7. The molecule has 0 aliphatic heterocycles. The Morgan fingerprint density at radius 2 is 2.13 bits per heavy atom. The van der Waals surface area contributed by atoms with Crippen molar-refractivity contribution >= 4 is 35.0 Å². The number of carbonyl (C=O) groups is 1. The highest BCUT2D eigenvalue weighted by Crippen LogP contribution is 2.34. The molecular formula is C12H11ClF3N5OS. The number of nitrogens with one attached hydrogen (secondary N) is 1. The fourth-order valence-corrected chi connectivity index (χ4v) is 2.48. The molecule has 0 spiro atoms. The summed E-state index contributed by atoms with van der Waals surface area (Å²) in [6, 6.07) is 2.73. The maximum Gasteiger partial charge on any atom is 0.416 e. The zero-order chi connectivity index (χ0) is 17.2. The number of halogens is 4. The summed E-state index contributed by atoms with van der Waals surface area (Å²) < 4.78 is 39.5. The van der Waals surface area contributed by atoms with Crippen molar-refractivity contribution < 1.29 is 18.0 Å². The lowest BCUT2D eigenvalue weighted by Crippen LogP contribution is -2.23. The van der Waals surface area contributed by atoms with E-state index in [1.165, 1.54) is 4.68 Å². The van der Waals surface area contributed by atoms with Gasteiger partial charge in [-0.25, -0.2) is 4.68 Å². The quantitative estimate of drug-likeness (QED) is 0.843. The molecular weight excluding hydrogens is 355 g/mol. The number of benzene rings is 1. The minimum absolute atomic E-state index is 0.0175. The Labute approximate surface area is 138 Å². The summed E-state index contributed by atoms with van der Waals surface area (Å²) in [5, 5.41) is 13.0. The Morgan fingerprint density at radius 3 is 2.70 bits per heavy atom. The summed E-state index contributed by atoms with van der Waals surface area (Å²) >= 11 is 6.91. The van der Waals surface area contributed by atoms with E-state index in [4.69, 9.17) is 11.6 Å². The number of aromatic nitrogens is 4. The van der Waals surface area contributed by atoms with Gasteiger partial charge < -0.3 is 5.32 Å². The lowest BCUT2D eigenvalue weighted by atomic mass is 10.2. The second kappa shape index (κ2) is 6.75. The predicted molar refractivity (Wildman–Crippen MR) is 79.2 cm³/mol. The van der Waals surface area contributed by atoms with Crippen molar-refractivity contribution in [2.24, 2.45) is 7.05 Å². The van der Waals surface area contributed by atoms with E-state index in [0.29, 0.717) is 5.16 Å². The Balaban J connectivity index is 2.12. The minimum Gasteiger partial charge on any atom is -0.324 e. The van der Waals surface area contributed by atoms with Gasteiger partial charge in [0.1, 0.15) is 0 Å². The van der Waals surface area contributed by atoms with Gasteiger partial charge in [0.05, 0.1) is 21.5 Å². The largest absolute Gasteiger partial charge is 0.416 e. The van der Waals surface area contributed by atoms with Crippen molar-refractivity contribution in [1.29, 1.82) is 0 Å². The molecule has 0 unspecified atom stereocenters. The molecule has 0 radical (unpaired) electrons. The topological polar surface area (TPSA) is 72.7 Å². The molecule has 1 aromatic heterocycles. The number of anilines is 1. The standard InChI is InChI=1S/C12H11ClF3N5OS/c1-6(23-11-18-19-20-21(11)2)10(22)17-9-5-7(12(14,15)16)3-4-8(9)13/h3-6H,1-2H3,(H,17,22)/t6-/m1/s1. The highest BCUT2D eigenvalue weighted by Gasteiger charge is 2.31. The number of hydrogen-bond acceptors (Lipinski definition) is 5. The van der Waals surface area contributed by atoms with Gasteiger partial charge in [-0.3, -0.25) is 4.79 Å². The fourth-order valence-electron chi connectivity index (χ4n) is 1.56. The Kier molecular flexibility index (Phi) is 5.15. The zero-order valence-electron chi connectivity index (χ0n) is 11.9. The smallest absolute Gasteiger partial charge is 0.324 e. The molecule has 0 aliphatic rings. The van der Waals surface area contributed by atoms with Crippen molar-refractivity contribution in [2.45, 2.75) is 23.5 Å². The van der Waals surface area contributed by atoms with Gasteiger partial charge in [-0.1, -0.05) is 23.4 Å². The summed E-state index contributed by atoms with van der Waals surface area (Å²) in [6.45, 7) is 1.58. The number of alkyl halides is 3. The van der Waals surface area contributed by atoms with Gasteiger partial charge >= 0.3 is 6.18 Å². The van der Waals surface area contributed by atoms with Crippen LogP contribution in [0.4, 0.5) is 18.9 Å². The fraction of sp³-hybridized carbons (Fsp3) is 0.333. The second-order valence-electron chi connectivity index (χ2n) is 4.53. The van der Waals surface area contributed by atoms with E-state index in [-0.39, 0.29) is 10.7 Å². The number of tetrazole rings is 1. The average Bonchev–Trinajstić information content (AvgIpc) is 2.85. The number of nitrogens with zero attached hydrogens (tertiary/aromatic N) is 4. The molecule has 1 N–H and O–H groups in total. The molecule has 6 nitrogen and oxygen atoms in total. The maximum absolute atomic E-state index is 12.7. The van der Waals surface area contributed by atoms with Crippen LogP contribution in [-0.2, 0) is 18.0 Å². The molecule has 0 aliphatic carbocycles. The number of carbonyl (C=O) groups excluding carboxylic acids is 1. The van der Waals surface area contributed by atoms with Gasteiger partial charge in [-0.2, -0.15) is 13.2 Å². The Bertz CT molecular complexity index is 721. The molecule has 11 heteroatoms. The molecule has 2 aromatic rings. The van der Waals surface area contributed by atoms with Gasteiger partial charge in [0.25, 0.3) is 0 Å². The van der Waals surface area contributed by atoms with Crippen LogP contribution in [0.1, 0.15) is 12.5 Å². The van der Waals surface area contributed by atoms with Crippen LogP contribution in [0.15, 0.2) is 23.4 Å². The molecule has 0 saturated carbocycles. The minimum atomic E-state index is -4.52. The molecule has 23 heavy (non-hydrogen) atoms. The third-order valence-corrected chi connectivity index (χ3v) is 4.24. The van der Waals surface area contributed by atoms with Gasteiger partial charge in [0, 0.05) is 7.05 Å². The second-order valence-corrected chi connectivity index (χ2v) is 6.24. The van der Waals surface area contributed by atoms with Crippen LogP contribution in [0.3, 0.4) is 0 Å². The van der Waals surface area contributed by atoms with Crippen LogP contribution < -0.4 is 5.32 Å². The molecule has 0 saturated heterocycles. The zero-order valence-corrected chi connectivity index (χ0v) is 13.5. The van der Waals surface area contributed by atoms with Crippen LogP contribution in [0.25, 0.3) is 0 Å². The van der Waals surface area contributed by atoms with Crippen LogP contribution >= 0.6 is 23.4 Å². The third-order valence-electron chi connectivity index (χ3n) is 2.78. The molecule has 0 fully saturated rings. The Hall–Kier alpha value is -1.81. The first-order valence-electron chi connectivity index (χ1n) is 6.25. The van der Waals surface area contributed by atoms with Crippen LogP contribution in [0.2, 0.25) is 5.02 Å². The lowest BCUT2D eigenvalue weighted by molar-refractivity contribution is -0.137. The molecule has 1 heterocycles. The molecule has 0 bridgehead atoms. The Morgan fingerprint density at radius 1 is 1.43 bits per heavy atom. The first-order chi connectivity index (χ1) is 10.7. The molecule has 124 valence electrons. The van der Waals surface area contributed by atoms with E-state index >= 15 is 0 Å².